The van der Waals surface area contributed by atoms with Crippen molar-refractivity contribution in [3.8, 4) is 0 Å². The molecule has 0 bridgehead atoms. The molecule has 0 saturated carbocycles. The van der Waals surface area contributed by atoms with E-state index >= 15 is 0 Å². The average Bonchev–Trinajstić information content (AvgIpc) is 2.37. The molecule has 0 amide bonds. The van der Waals surface area contributed by atoms with Gasteiger partial charge in [0.15, 0.2) is 5.78 Å². The van der Waals surface area contributed by atoms with Crippen molar-refractivity contribution in [2.75, 3.05) is 13.0 Å². The second kappa shape index (κ2) is 7.39. The average molecular weight is 289 g/mol. The van der Waals surface area contributed by atoms with Crippen LogP contribution in [-0.2, 0) is 4.74 Å². The maximum absolute atomic E-state index is 12.0. The summed E-state index contributed by atoms with van der Waals surface area (Å²) in [6.45, 7) is 0. The van der Waals surface area contributed by atoms with Gasteiger partial charge in [-0.2, -0.15) is 0 Å². The molecule has 0 spiro atoms. The number of rotatable bonds is 6. The maximum Gasteiger partial charge on any atom is 0.338 e. The highest BCUT2D eigenvalue weighted by molar-refractivity contribution is 6.31. The van der Waals surface area contributed by atoms with Crippen molar-refractivity contribution in [2.24, 2.45) is 0 Å². The quantitative estimate of drug-likeness (QED) is 0.347. The van der Waals surface area contributed by atoms with Gasteiger partial charge in [0.1, 0.15) is 0 Å². The van der Waals surface area contributed by atoms with Gasteiger partial charge >= 0.3 is 5.97 Å². The molecule has 1 rings (SSSR count). The molecule has 3 nitrogen and oxygen atoms in total. The molecule has 0 unspecified atom stereocenters. The van der Waals surface area contributed by atoms with Crippen LogP contribution in [0.4, 0.5) is 0 Å². The molecule has 0 aliphatic carbocycles. The van der Waals surface area contributed by atoms with Crippen molar-refractivity contribution < 1.29 is 14.3 Å². The predicted octanol–water partition coefficient (Wildman–Crippen LogP) is 3.72. The third-order valence-corrected chi connectivity index (χ3v) is 2.98. The van der Waals surface area contributed by atoms with E-state index in [-0.39, 0.29) is 11.3 Å². The summed E-state index contributed by atoms with van der Waals surface area (Å²) in [4.78, 5) is 23.5. The standard InChI is InChI=1S/C13H14Cl2O3/c1-18-13(17)11-8-9(15)5-6-10(11)12(16)4-2-3-7-14/h5-6,8H,2-4,7H2,1H3. The third-order valence-electron chi connectivity index (χ3n) is 2.47. The SMILES string of the molecule is COC(=O)c1cc(Cl)ccc1C(=O)CCCCCl. The van der Waals surface area contributed by atoms with Crippen molar-refractivity contribution in [3.63, 3.8) is 0 Å². The highest BCUT2D eigenvalue weighted by Gasteiger charge is 2.17. The van der Waals surface area contributed by atoms with Gasteiger partial charge in [-0.25, -0.2) is 4.79 Å². The Morgan fingerprint density at radius 3 is 2.56 bits per heavy atom. The summed E-state index contributed by atoms with van der Waals surface area (Å²) in [6, 6.07) is 4.59. The molecule has 0 saturated heterocycles. The number of Topliss-reactive ketones (excluding diaryl/α,β-unsaturated/α-hetero) is 1. The van der Waals surface area contributed by atoms with Gasteiger partial charge in [0.25, 0.3) is 0 Å². The topological polar surface area (TPSA) is 43.4 Å². The third kappa shape index (κ3) is 4.00. The first-order chi connectivity index (χ1) is 8.60. The number of methoxy groups -OCH3 is 1. The van der Waals surface area contributed by atoms with Gasteiger partial charge in [0, 0.05) is 22.9 Å². The maximum atomic E-state index is 12.0. The predicted molar refractivity (Wildman–Crippen MR) is 71.7 cm³/mol. The van der Waals surface area contributed by atoms with Crippen molar-refractivity contribution in [3.05, 3.63) is 34.3 Å². The molecule has 5 heteroatoms. The number of carbonyl (C=O) groups excluding carboxylic acids is 2. The summed E-state index contributed by atoms with van der Waals surface area (Å²) in [5.74, 6) is -0.132. The van der Waals surface area contributed by atoms with Crippen LogP contribution in [0.25, 0.3) is 0 Å². The highest BCUT2D eigenvalue weighted by Crippen LogP contribution is 2.19. The molecule has 0 aromatic heterocycles. The minimum absolute atomic E-state index is 0.0998. The molecule has 0 radical (unpaired) electrons. The molecule has 0 N–H and O–H groups in total. The Morgan fingerprint density at radius 1 is 1.22 bits per heavy atom. The Labute approximate surface area is 116 Å². The fourth-order valence-corrected chi connectivity index (χ4v) is 1.91. The van der Waals surface area contributed by atoms with E-state index in [1.807, 2.05) is 0 Å². The highest BCUT2D eigenvalue weighted by atomic mass is 35.5. The van der Waals surface area contributed by atoms with Crippen LogP contribution in [0.15, 0.2) is 18.2 Å². The smallest absolute Gasteiger partial charge is 0.338 e. The summed E-state index contributed by atoms with van der Waals surface area (Å²) < 4.78 is 4.64. The van der Waals surface area contributed by atoms with Gasteiger partial charge in [-0.3, -0.25) is 4.79 Å². The summed E-state index contributed by atoms with van der Waals surface area (Å²) in [5.41, 5.74) is 0.557. The lowest BCUT2D eigenvalue weighted by molar-refractivity contribution is 0.0597. The molecule has 0 heterocycles. The minimum atomic E-state index is -0.557. The molecule has 98 valence electrons. The minimum Gasteiger partial charge on any atom is -0.465 e. The molecular weight excluding hydrogens is 275 g/mol. The van der Waals surface area contributed by atoms with E-state index in [0.717, 1.165) is 6.42 Å². The van der Waals surface area contributed by atoms with E-state index in [9.17, 15) is 9.59 Å². The number of esters is 1. The first-order valence-electron chi connectivity index (χ1n) is 5.57. The Bertz CT molecular complexity index is 444. The summed E-state index contributed by atoms with van der Waals surface area (Å²) in [7, 11) is 1.27. The van der Waals surface area contributed by atoms with Gasteiger partial charge in [-0.1, -0.05) is 11.6 Å². The van der Waals surface area contributed by atoms with Gasteiger partial charge in [-0.05, 0) is 31.0 Å². The molecule has 18 heavy (non-hydrogen) atoms. The second-order valence-electron chi connectivity index (χ2n) is 3.75. The number of ether oxygens (including phenoxy) is 1. The molecule has 0 fully saturated rings. The van der Waals surface area contributed by atoms with E-state index in [1.165, 1.54) is 13.2 Å². The number of carbonyl (C=O) groups is 2. The number of benzene rings is 1. The number of alkyl halides is 1. The van der Waals surface area contributed by atoms with Crippen molar-refractivity contribution in [2.45, 2.75) is 19.3 Å². The normalized spacial score (nSPS) is 10.2. The first-order valence-corrected chi connectivity index (χ1v) is 6.48. The Morgan fingerprint density at radius 2 is 1.94 bits per heavy atom. The zero-order valence-electron chi connectivity index (χ0n) is 10.0. The van der Waals surface area contributed by atoms with Gasteiger partial charge < -0.3 is 4.74 Å². The van der Waals surface area contributed by atoms with E-state index in [2.05, 4.69) is 4.74 Å². The number of unbranched alkanes of at least 4 members (excludes halogenated alkanes) is 1. The summed E-state index contributed by atoms with van der Waals surface area (Å²) in [6.07, 6.45) is 1.83. The zero-order valence-corrected chi connectivity index (χ0v) is 11.6. The van der Waals surface area contributed by atoms with Crippen LogP contribution in [0.3, 0.4) is 0 Å². The fourth-order valence-electron chi connectivity index (χ4n) is 1.55. The molecule has 1 aromatic rings. The molecule has 0 aliphatic rings. The van der Waals surface area contributed by atoms with E-state index < -0.39 is 5.97 Å². The van der Waals surface area contributed by atoms with Crippen LogP contribution >= 0.6 is 23.2 Å². The molecular formula is C13H14Cl2O3. The fraction of sp³-hybridized carbons (Fsp3) is 0.385. The van der Waals surface area contributed by atoms with E-state index in [4.69, 9.17) is 23.2 Å². The largest absolute Gasteiger partial charge is 0.465 e. The van der Waals surface area contributed by atoms with Crippen LogP contribution < -0.4 is 0 Å². The number of hydrogen-bond donors (Lipinski definition) is 0. The lowest BCUT2D eigenvalue weighted by Gasteiger charge is -2.07. The van der Waals surface area contributed by atoms with E-state index in [1.54, 1.807) is 12.1 Å². The van der Waals surface area contributed by atoms with Crippen molar-refractivity contribution >= 4 is 35.0 Å². The number of halogens is 2. The van der Waals surface area contributed by atoms with Gasteiger partial charge in [-0.15, -0.1) is 11.6 Å². The van der Waals surface area contributed by atoms with Gasteiger partial charge in [0.2, 0.25) is 0 Å². The number of ketones is 1. The zero-order chi connectivity index (χ0) is 13.5. The van der Waals surface area contributed by atoms with Crippen LogP contribution in [0.2, 0.25) is 5.02 Å². The second-order valence-corrected chi connectivity index (χ2v) is 4.57. The first kappa shape index (κ1) is 15.0. The van der Waals surface area contributed by atoms with Crippen LogP contribution in [0.5, 0.6) is 0 Å². The number of hydrogen-bond acceptors (Lipinski definition) is 3. The lowest BCUT2D eigenvalue weighted by atomic mass is 10.00. The molecule has 1 aromatic carbocycles. The summed E-state index contributed by atoms with van der Waals surface area (Å²) in [5, 5.41) is 0.396. The lowest BCUT2D eigenvalue weighted by Crippen LogP contribution is -2.10. The van der Waals surface area contributed by atoms with Crippen molar-refractivity contribution in [1.29, 1.82) is 0 Å². The molecule has 0 aliphatic heterocycles. The van der Waals surface area contributed by atoms with Crippen LogP contribution in [-0.4, -0.2) is 24.7 Å². The Hall–Kier alpha value is -1.06. The van der Waals surface area contributed by atoms with Gasteiger partial charge in [0.05, 0.1) is 12.7 Å². The monoisotopic (exact) mass is 288 g/mol. The van der Waals surface area contributed by atoms with Crippen molar-refractivity contribution in [1.82, 2.24) is 0 Å². The van der Waals surface area contributed by atoms with Crippen LogP contribution in [0, 0.1) is 0 Å². The Balaban J connectivity index is 2.93. The Kier molecular flexibility index (Phi) is 6.16. The molecule has 0 atom stereocenters. The van der Waals surface area contributed by atoms with E-state index in [0.29, 0.717) is 29.3 Å². The summed E-state index contributed by atoms with van der Waals surface area (Å²) >= 11 is 11.4. The van der Waals surface area contributed by atoms with Crippen LogP contribution in [0.1, 0.15) is 40.0 Å².